The Hall–Kier alpha value is -2.46. The number of esters is 1. The molecule has 3 rings (SSSR count). The number of ketones is 1. The molecule has 1 saturated carbocycles. The van der Waals surface area contributed by atoms with Crippen molar-refractivity contribution in [3.8, 4) is 0 Å². The second-order valence-corrected chi connectivity index (χ2v) is 6.60. The van der Waals surface area contributed by atoms with Crippen LogP contribution in [0, 0.1) is 0 Å². The second-order valence-electron chi connectivity index (χ2n) is 6.60. The molecule has 4 heteroatoms. The maximum atomic E-state index is 12.7. The number of hydrogen-bond acceptors (Lipinski definition) is 4. The summed E-state index contributed by atoms with van der Waals surface area (Å²) < 4.78 is 4.95. The summed E-state index contributed by atoms with van der Waals surface area (Å²) in [5, 5.41) is 11.0. The minimum Gasteiger partial charge on any atom is -0.466 e. The van der Waals surface area contributed by atoms with E-state index in [0.29, 0.717) is 0 Å². The molecule has 1 aliphatic rings. The van der Waals surface area contributed by atoms with E-state index in [-0.39, 0.29) is 31.7 Å². The Morgan fingerprint density at radius 1 is 1.04 bits per heavy atom. The third kappa shape index (κ3) is 3.22. The van der Waals surface area contributed by atoms with E-state index in [1.807, 2.05) is 60.7 Å². The van der Waals surface area contributed by atoms with E-state index in [2.05, 4.69) is 0 Å². The molecule has 2 aromatic carbocycles. The van der Waals surface area contributed by atoms with Gasteiger partial charge in [-0.1, -0.05) is 60.7 Å². The first-order chi connectivity index (χ1) is 12.0. The van der Waals surface area contributed by atoms with Gasteiger partial charge in [0.1, 0.15) is 5.60 Å². The molecule has 0 radical (unpaired) electrons. The number of Topliss-reactive ketones (excluding diaryl/α,β-unsaturated/α-hetero) is 1. The van der Waals surface area contributed by atoms with Crippen LogP contribution < -0.4 is 0 Å². The normalized spacial score (nSPS) is 21.9. The van der Waals surface area contributed by atoms with Crippen LogP contribution in [0.1, 0.15) is 37.3 Å². The molecule has 1 aliphatic carbocycles. The molecule has 2 aromatic rings. The van der Waals surface area contributed by atoms with E-state index in [9.17, 15) is 14.7 Å². The molecule has 0 unspecified atom stereocenters. The van der Waals surface area contributed by atoms with Crippen molar-refractivity contribution in [3.05, 3.63) is 71.8 Å². The van der Waals surface area contributed by atoms with Gasteiger partial charge in [0.05, 0.1) is 13.0 Å². The van der Waals surface area contributed by atoms with E-state index in [0.717, 1.165) is 11.1 Å². The molecule has 130 valence electrons. The van der Waals surface area contributed by atoms with Gasteiger partial charge in [-0.15, -0.1) is 0 Å². The zero-order chi connectivity index (χ0) is 17.9. The number of carbonyl (C=O) groups is 2. The number of hydrogen-bond donors (Lipinski definition) is 1. The molecule has 0 aromatic heterocycles. The molecule has 0 saturated heterocycles. The lowest BCUT2D eigenvalue weighted by Crippen LogP contribution is -2.38. The number of benzene rings is 2. The van der Waals surface area contributed by atoms with Crippen LogP contribution in [0.15, 0.2) is 60.7 Å². The van der Waals surface area contributed by atoms with Crippen LogP contribution in [0.4, 0.5) is 0 Å². The second kappa shape index (κ2) is 6.81. The lowest BCUT2D eigenvalue weighted by molar-refractivity contribution is -0.153. The number of aliphatic hydroxyl groups is 1. The van der Waals surface area contributed by atoms with Gasteiger partial charge in [-0.3, -0.25) is 9.59 Å². The minimum atomic E-state index is -1.70. The summed E-state index contributed by atoms with van der Waals surface area (Å²) in [6.07, 6.45) is 0.0314. The Bertz CT molecular complexity index is 714. The quantitative estimate of drug-likeness (QED) is 0.851. The Balaban J connectivity index is 2.03. The molecule has 0 amide bonds. The molecule has 0 spiro atoms. The topological polar surface area (TPSA) is 63.6 Å². The Morgan fingerprint density at radius 3 is 2.04 bits per heavy atom. The largest absolute Gasteiger partial charge is 0.466 e. The van der Waals surface area contributed by atoms with Crippen molar-refractivity contribution in [1.29, 1.82) is 0 Å². The number of rotatable bonds is 5. The van der Waals surface area contributed by atoms with Gasteiger partial charge >= 0.3 is 5.97 Å². The predicted octanol–water partition coefficient (Wildman–Crippen LogP) is 3.02. The van der Waals surface area contributed by atoms with Gasteiger partial charge in [-0.2, -0.15) is 0 Å². The fraction of sp³-hybridized carbons (Fsp3) is 0.333. The summed E-state index contributed by atoms with van der Waals surface area (Å²) >= 11 is 0. The predicted molar refractivity (Wildman–Crippen MR) is 94.1 cm³/mol. The Morgan fingerprint density at radius 2 is 1.56 bits per heavy atom. The summed E-state index contributed by atoms with van der Waals surface area (Å²) in [6.45, 7) is 1.93. The van der Waals surface area contributed by atoms with Crippen molar-refractivity contribution in [2.45, 2.75) is 37.2 Å². The van der Waals surface area contributed by atoms with Crippen LogP contribution in [0.3, 0.4) is 0 Å². The SMILES string of the molecule is CCOC(=O)C[C@]1(O)CC(c2ccccc2)(c2ccccc2)CC1=O. The van der Waals surface area contributed by atoms with E-state index < -0.39 is 17.0 Å². The van der Waals surface area contributed by atoms with Crippen molar-refractivity contribution in [3.63, 3.8) is 0 Å². The van der Waals surface area contributed by atoms with Crippen molar-refractivity contribution < 1.29 is 19.4 Å². The van der Waals surface area contributed by atoms with E-state index in [1.165, 1.54) is 0 Å². The summed E-state index contributed by atoms with van der Waals surface area (Å²) in [5.74, 6) is -0.858. The Labute approximate surface area is 147 Å². The van der Waals surface area contributed by atoms with Crippen molar-refractivity contribution >= 4 is 11.8 Å². The fourth-order valence-corrected chi connectivity index (χ4v) is 3.80. The first kappa shape index (κ1) is 17.4. The van der Waals surface area contributed by atoms with Gasteiger partial charge in [0.15, 0.2) is 5.78 Å². The molecule has 1 fully saturated rings. The van der Waals surface area contributed by atoms with Crippen LogP contribution in [0.2, 0.25) is 0 Å². The summed E-state index contributed by atoms with van der Waals surface area (Å²) in [4.78, 5) is 24.6. The molecular weight excluding hydrogens is 316 g/mol. The summed E-state index contributed by atoms with van der Waals surface area (Å²) in [7, 11) is 0. The molecule has 4 nitrogen and oxygen atoms in total. The smallest absolute Gasteiger partial charge is 0.309 e. The standard InChI is InChI=1S/C21H22O4/c1-2-25-19(23)14-21(24)15-20(13-18(21)22,16-9-5-3-6-10-16)17-11-7-4-8-12-17/h3-12,24H,2,13-15H2,1H3/t21-/m0/s1. The molecule has 0 bridgehead atoms. The molecule has 1 atom stereocenters. The minimum absolute atomic E-state index is 0.164. The molecule has 1 N–H and O–H groups in total. The molecular formula is C21H22O4. The van der Waals surface area contributed by atoms with Crippen LogP contribution in [0.5, 0.6) is 0 Å². The number of carbonyl (C=O) groups excluding carboxylic acids is 2. The lowest BCUT2D eigenvalue weighted by atomic mass is 9.72. The third-order valence-corrected chi connectivity index (χ3v) is 4.97. The highest BCUT2D eigenvalue weighted by atomic mass is 16.5. The maximum Gasteiger partial charge on any atom is 0.309 e. The van der Waals surface area contributed by atoms with Gasteiger partial charge in [0.2, 0.25) is 0 Å². The first-order valence-electron chi connectivity index (χ1n) is 8.52. The van der Waals surface area contributed by atoms with Crippen molar-refractivity contribution in [2.24, 2.45) is 0 Å². The van der Waals surface area contributed by atoms with E-state index >= 15 is 0 Å². The molecule has 25 heavy (non-hydrogen) atoms. The van der Waals surface area contributed by atoms with Gasteiger partial charge in [0, 0.05) is 11.8 Å². The van der Waals surface area contributed by atoms with Gasteiger partial charge in [0.25, 0.3) is 0 Å². The highest BCUT2D eigenvalue weighted by molar-refractivity contribution is 5.95. The zero-order valence-electron chi connectivity index (χ0n) is 14.3. The summed E-state index contributed by atoms with van der Waals surface area (Å²) in [5.41, 5.74) is -0.401. The maximum absolute atomic E-state index is 12.7. The van der Waals surface area contributed by atoms with Gasteiger partial charge < -0.3 is 9.84 Å². The van der Waals surface area contributed by atoms with Crippen LogP contribution in [-0.4, -0.2) is 29.1 Å². The van der Waals surface area contributed by atoms with E-state index in [4.69, 9.17) is 4.74 Å². The number of ether oxygens (including phenoxy) is 1. The van der Waals surface area contributed by atoms with Crippen molar-refractivity contribution in [2.75, 3.05) is 6.61 Å². The van der Waals surface area contributed by atoms with Crippen LogP contribution in [-0.2, 0) is 19.7 Å². The van der Waals surface area contributed by atoms with Crippen LogP contribution in [0.25, 0.3) is 0 Å². The lowest BCUT2D eigenvalue weighted by Gasteiger charge is -2.31. The zero-order valence-corrected chi connectivity index (χ0v) is 14.3. The Kier molecular flexibility index (Phi) is 4.73. The average Bonchev–Trinajstić information content (AvgIpc) is 2.89. The molecule has 0 heterocycles. The highest BCUT2D eigenvalue weighted by Crippen LogP contribution is 2.49. The van der Waals surface area contributed by atoms with Gasteiger partial charge in [-0.25, -0.2) is 0 Å². The van der Waals surface area contributed by atoms with Gasteiger partial charge in [-0.05, 0) is 24.5 Å². The highest BCUT2D eigenvalue weighted by Gasteiger charge is 2.56. The monoisotopic (exact) mass is 338 g/mol. The molecule has 0 aliphatic heterocycles. The fourth-order valence-electron chi connectivity index (χ4n) is 3.80. The van der Waals surface area contributed by atoms with Crippen LogP contribution >= 0.6 is 0 Å². The summed E-state index contributed by atoms with van der Waals surface area (Å²) in [6, 6.07) is 19.4. The average molecular weight is 338 g/mol. The van der Waals surface area contributed by atoms with E-state index in [1.54, 1.807) is 6.92 Å². The third-order valence-electron chi connectivity index (χ3n) is 4.97. The van der Waals surface area contributed by atoms with Crippen molar-refractivity contribution in [1.82, 2.24) is 0 Å². The first-order valence-corrected chi connectivity index (χ1v) is 8.52.